The number of guanidine groups is 1. The SMILES string of the molecule is CN1C(=O)NC(=O)C2C1NC(=NCCO)N2CC(O)COc1ccc(Cl)cc1Cl. The molecule has 0 saturated carbocycles. The Labute approximate surface area is 177 Å². The topological polar surface area (TPSA) is 127 Å². The number of nitrogens with zero attached hydrogens (tertiary/aromatic N) is 3. The summed E-state index contributed by atoms with van der Waals surface area (Å²) in [6.07, 6.45) is -1.65. The van der Waals surface area contributed by atoms with Crippen LogP contribution in [0, 0.1) is 0 Å². The van der Waals surface area contributed by atoms with Gasteiger partial charge < -0.3 is 30.1 Å². The van der Waals surface area contributed by atoms with Crippen LogP contribution in [-0.4, -0.2) is 89.6 Å². The number of hydrogen-bond acceptors (Lipinski definition) is 6. The van der Waals surface area contributed by atoms with Gasteiger partial charge in [-0.15, -0.1) is 0 Å². The highest BCUT2D eigenvalue weighted by atomic mass is 35.5. The van der Waals surface area contributed by atoms with E-state index in [4.69, 9.17) is 33.0 Å². The molecule has 0 spiro atoms. The number of fused-ring (bicyclic) bond motifs is 1. The molecule has 2 aliphatic rings. The van der Waals surface area contributed by atoms with E-state index in [1.807, 2.05) is 0 Å². The number of halogens is 2. The summed E-state index contributed by atoms with van der Waals surface area (Å²) >= 11 is 11.9. The maximum Gasteiger partial charge on any atom is 0.325 e. The summed E-state index contributed by atoms with van der Waals surface area (Å²) in [5.74, 6) is 0.158. The monoisotopic (exact) mass is 445 g/mol. The lowest BCUT2D eigenvalue weighted by Gasteiger charge is -2.35. The standard InChI is InChI=1S/C17H21Cl2N5O5/c1-23-14-13(15(27)22-17(23)28)24(16(21-14)20-4-5-25)7-10(26)8-29-12-3-2-9(18)6-11(12)19/h2-3,6,10,13-14,25-26H,4-5,7-8H2,1H3,(H,20,21)(H,22,27,28). The van der Waals surface area contributed by atoms with Crippen molar-refractivity contribution in [3.8, 4) is 5.75 Å². The Hall–Kier alpha value is -2.27. The highest BCUT2D eigenvalue weighted by Gasteiger charge is 2.50. The van der Waals surface area contributed by atoms with Gasteiger partial charge in [-0.05, 0) is 18.2 Å². The highest BCUT2D eigenvalue weighted by Crippen LogP contribution is 2.28. The molecule has 10 nitrogen and oxygen atoms in total. The zero-order valence-corrected chi connectivity index (χ0v) is 17.0. The van der Waals surface area contributed by atoms with Gasteiger partial charge in [0.2, 0.25) is 0 Å². The molecule has 0 bridgehead atoms. The van der Waals surface area contributed by atoms with Crippen LogP contribution in [0.3, 0.4) is 0 Å². The van der Waals surface area contributed by atoms with Crippen LogP contribution in [0.5, 0.6) is 5.75 Å². The fraction of sp³-hybridized carbons (Fsp3) is 0.471. The molecule has 3 amide bonds. The maximum absolute atomic E-state index is 12.4. The van der Waals surface area contributed by atoms with Crippen LogP contribution < -0.4 is 15.4 Å². The minimum Gasteiger partial charge on any atom is -0.489 e. The van der Waals surface area contributed by atoms with Gasteiger partial charge in [0.1, 0.15) is 24.6 Å². The number of β-amino-alcohol motifs (C(OH)–C–C–N with tert-alkyl or cyclic N) is 1. The van der Waals surface area contributed by atoms with Crippen molar-refractivity contribution in [2.75, 3.05) is 33.4 Å². The molecular formula is C17H21Cl2N5O5. The molecule has 2 fully saturated rings. The van der Waals surface area contributed by atoms with Crippen molar-refractivity contribution in [1.29, 1.82) is 0 Å². The zero-order valence-electron chi connectivity index (χ0n) is 15.5. The number of imide groups is 1. The van der Waals surface area contributed by atoms with Gasteiger partial charge >= 0.3 is 6.03 Å². The van der Waals surface area contributed by atoms with E-state index in [0.29, 0.717) is 21.8 Å². The lowest BCUT2D eigenvalue weighted by Crippen LogP contribution is -2.65. The molecule has 0 aliphatic carbocycles. The molecule has 4 N–H and O–H groups in total. The number of likely N-dealkylation sites (N-methyl/N-ethyl adjacent to an activating group) is 1. The number of amides is 3. The van der Waals surface area contributed by atoms with E-state index in [1.54, 1.807) is 24.1 Å². The molecule has 2 heterocycles. The molecule has 2 aliphatic heterocycles. The van der Waals surface area contributed by atoms with E-state index in [9.17, 15) is 14.7 Å². The Morgan fingerprint density at radius 1 is 1.34 bits per heavy atom. The molecule has 3 atom stereocenters. The summed E-state index contributed by atoms with van der Waals surface area (Å²) in [4.78, 5) is 31.4. The van der Waals surface area contributed by atoms with E-state index in [-0.39, 0.29) is 26.3 Å². The van der Waals surface area contributed by atoms with E-state index in [0.717, 1.165) is 0 Å². The van der Waals surface area contributed by atoms with Gasteiger partial charge in [-0.3, -0.25) is 15.1 Å². The van der Waals surface area contributed by atoms with Crippen LogP contribution in [0.4, 0.5) is 4.79 Å². The second-order valence-electron chi connectivity index (χ2n) is 6.56. The number of benzene rings is 1. The van der Waals surface area contributed by atoms with E-state index >= 15 is 0 Å². The first kappa shape index (κ1) is 21.4. The van der Waals surface area contributed by atoms with Crippen molar-refractivity contribution in [1.82, 2.24) is 20.4 Å². The Balaban J connectivity index is 1.71. The van der Waals surface area contributed by atoms with Crippen LogP contribution in [0.15, 0.2) is 23.2 Å². The molecule has 1 aromatic rings. The van der Waals surface area contributed by atoms with Crippen molar-refractivity contribution < 1.29 is 24.5 Å². The number of nitrogens with one attached hydrogen (secondary N) is 2. The number of carbonyl (C=O) groups excluding carboxylic acids is 2. The number of hydrogen-bond donors (Lipinski definition) is 4. The van der Waals surface area contributed by atoms with E-state index in [1.165, 1.54) is 11.0 Å². The van der Waals surface area contributed by atoms with Crippen molar-refractivity contribution >= 4 is 41.1 Å². The maximum atomic E-state index is 12.4. The minimum atomic E-state index is -1.00. The third-order valence-electron chi connectivity index (χ3n) is 4.51. The smallest absolute Gasteiger partial charge is 0.325 e. The second-order valence-corrected chi connectivity index (χ2v) is 7.40. The number of aliphatic imine (C=N–C) groups is 1. The van der Waals surface area contributed by atoms with E-state index in [2.05, 4.69) is 15.6 Å². The first-order valence-electron chi connectivity index (χ1n) is 8.84. The summed E-state index contributed by atoms with van der Waals surface area (Å²) in [5.41, 5.74) is 0. The highest BCUT2D eigenvalue weighted by molar-refractivity contribution is 6.35. The van der Waals surface area contributed by atoms with Gasteiger partial charge in [-0.1, -0.05) is 23.2 Å². The lowest BCUT2D eigenvalue weighted by atomic mass is 10.1. The average Bonchev–Trinajstić information content (AvgIpc) is 3.02. The van der Waals surface area contributed by atoms with Crippen molar-refractivity contribution in [3.05, 3.63) is 28.2 Å². The van der Waals surface area contributed by atoms with Crippen molar-refractivity contribution in [2.24, 2.45) is 4.99 Å². The summed E-state index contributed by atoms with van der Waals surface area (Å²) in [6, 6.07) is 3.41. The van der Waals surface area contributed by atoms with Crippen LogP contribution >= 0.6 is 23.2 Å². The van der Waals surface area contributed by atoms with Gasteiger partial charge in [-0.25, -0.2) is 4.79 Å². The van der Waals surface area contributed by atoms with Gasteiger partial charge in [0.15, 0.2) is 12.0 Å². The Morgan fingerprint density at radius 2 is 2.10 bits per heavy atom. The fourth-order valence-electron chi connectivity index (χ4n) is 3.13. The fourth-order valence-corrected chi connectivity index (χ4v) is 3.60. The quantitative estimate of drug-likeness (QED) is 0.460. The number of ether oxygens (including phenoxy) is 1. The largest absolute Gasteiger partial charge is 0.489 e. The summed E-state index contributed by atoms with van der Waals surface area (Å²) < 4.78 is 5.55. The molecular weight excluding hydrogens is 425 g/mol. The number of aliphatic hydroxyl groups is 2. The third-order valence-corrected chi connectivity index (χ3v) is 5.04. The first-order chi connectivity index (χ1) is 13.8. The molecule has 0 aromatic heterocycles. The molecule has 1 aromatic carbocycles. The van der Waals surface area contributed by atoms with Crippen molar-refractivity contribution in [3.63, 3.8) is 0 Å². The Bertz CT molecular complexity index is 823. The minimum absolute atomic E-state index is 0.000905. The Morgan fingerprint density at radius 3 is 2.79 bits per heavy atom. The average molecular weight is 446 g/mol. The Kier molecular flexibility index (Phi) is 6.68. The first-order valence-corrected chi connectivity index (χ1v) is 9.59. The van der Waals surface area contributed by atoms with Gasteiger partial charge in [0.05, 0.1) is 24.7 Å². The molecule has 2 saturated heterocycles. The molecule has 12 heteroatoms. The van der Waals surface area contributed by atoms with Crippen LogP contribution in [0.2, 0.25) is 10.0 Å². The molecule has 158 valence electrons. The normalized spacial score (nSPS) is 23.7. The number of carbonyl (C=O) groups is 2. The third kappa shape index (κ3) is 4.67. The van der Waals surface area contributed by atoms with Crippen LogP contribution in [0.1, 0.15) is 0 Å². The lowest BCUT2D eigenvalue weighted by molar-refractivity contribution is -0.127. The van der Waals surface area contributed by atoms with Crippen molar-refractivity contribution in [2.45, 2.75) is 18.3 Å². The van der Waals surface area contributed by atoms with Crippen LogP contribution in [0.25, 0.3) is 0 Å². The number of urea groups is 1. The zero-order chi connectivity index (χ0) is 21.1. The molecule has 29 heavy (non-hydrogen) atoms. The molecule has 0 radical (unpaired) electrons. The molecule has 3 unspecified atom stereocenters. The summed E-state index contributed by atoms with van der Waals surface area (Å²) in [7, 11) is 1.54. The van der Waals surface area contributed by atoms with Gasteiger partial charge in [0.25, 0.3) is 5.91 Å². The number of rotatable bonds is 7. The summed E-state index contributed by atoms with van der Waals surface area (Å²) in [6.45, 7) is -0.182. The van der Waals surface area contributed by atoms with Gasteiger partial charge in [-0.2, -0.15) is 0 Å². The van der Waals surface area contributed by atoms with E-state index < -0.39 is 30.2 Å². The predicted molar refractivity (Wildman–Crippen MR) is 106 cm³/mol. The second kappa shape index (κ2) is 9.04. The van der Waals surface area contributed by atoms with Gasteiger partial charge in [0, 0.05) is 12.1 Å². The molecule has 3 rings (SSSR count). The predicted octanol–water partition coefficient (Wildman–Crippen LogP) is -0.137. The van der Waals surface area contributed by atoms with Crippen LogP contribution in [-0.2, 0) is 4.79 Å². The summed E-state index contributed by atoms with van der Waals surface area (Å²) in [5, 5.41) is 25.6. The number of aliphatic hydroxyl groups excluding tert-OH is 2.